The van der Waals surface area contributed by atoms with E-state index in [0.29, 0.717) is 17.1 Å². The number of carbonyl (C=O) groups excluding carboxylic acids is 2. The van der Waals surface area contributed by atoms with E-state index in [4.69, 9.17) is 11.6 Å². The van der Waals surface area contributed by atoms with Gasteiger partial charge in [-0.1, -0.05) is 11.6 Å². The number of aryl methyl sites for hydroxylation is 2. The number of aromatic nitrogens is 1. The largest absolute Gasteiger partial charge is 0.356 e. The second-order valence-corrected chi connectivity index (χ2v) is 5.13. The molecule has 1 amide bonds. The van der Waals surface area contributed by atoms with Crippen LogP contribution < -0.4 is 5.32 Å². The second kappa shape index (κ2) is 5.92. The number of aromatic amines is 1. The molecule has 0 aliphatic carbocycles. The van der Waals surface area contributed by atoms with E-state index in [2.05, 4.69) is 10.3 Å². The first-order valence-electron chi connectivity index (χ1n) is 6.19. The summed E-state index contributed by atoms with van der Waals surface area (Å²) in [6.45, 7) is 3.84. The van der Waals surface area contributed by atoms with E-state index >= 15 is 0 Å². The van der Waals surface area contributed by atoms with Crippen molar-refractivity contribution in [1.29, 1.82) is 0 Å². The highest BCUT2D eigenvalue weighted by Crippen LogP contribution is 2.25. The highest BCUT2D eigenvalue weighted by Gasteiger charge is 2.16. The lowest BCUT2D eigenvalue weighted by atomic mass is 10.2. The fourth-order valence-electron chi connectivity index (χ4n) is 2.07. The van der Waals surface area contributed by atoms with Gasteiger partial charge in [0.15, 0.2) is 6.29 Å². The maximum Gasteiger partial charge on any atom is 0.228 e. The van der Waals surface area contributed by atoms with Crippen LogP contribution in [0.1, 0.15) is 27.3 Å². The van der Waals surface area contributed by atoms with Crippen LogP contribution in [0.4, 0.5) is 5.69 Å². The molecule has 0 spiro atoms. The van der Waals surface area contributed by atoms with Crippen molar-refractivity contribution < 1.29 is 9.59 Å². The topological polar surface area (TPSA) is 62.0 Å². The molecule has 2 N–H and O–H groups in total. The maximum absolute atomic E-state index is 10.9. The van der Waals surface area contributed by atoms with Crippen LogP contribution in [0.25, 0.3) is 0 Å². The molecule has 0 atom stereocenters. The zero-order valence-electron chi connectivity index (χ0n) is 11.3. The van der Waals surface area contributed by atoms with Crippen molar-refractivity contribution in [2.75, 3.05) is 5.32 Å². The molecule has 4 nitrogen and oxygen atoms in total. The number of amides is 1. The molecule has 0 unspecified atom stereocenters. The summed E-state index contributed by atoms with van der Waals surface area (Å²) in [5.74, 6) is 0.0438. The summed E-state index contributed by atoms with van der Waals surface area (Å²) in [5.41, 5.74) is 4.62. The van der Waals surface area contributed by atoms with Gasteiger partial charge in [0, 0.05) is 16.4 Å². The molecule has 1 aromatic heterocycles. The number of H-pyrrole nitrogens is 1. The van der Waals surface area contributed by atoms with Crippen LogP contribution in [0.15, 0.2) is 24.3 Å². The van der Waals surface area contributed by atoms with Crippen molar-refractivity contribution >= 4 is 29.5 Å². The predicted molar refractivity (Wildman–Crippen MR) is 79.4 cm³/mol. The van der Waals surface area contributed by atoms with Crippen molar-refractivity contribution in [2.24, 2.45) is 0 Å². The molecule has 5 heteroatoms. The Balaban J connectivity index is 0.000000151. The van der Waals surface area contributed by atoms with Gasteiger partial charge in [0.1, 0.15) is 0 Å². The first-order chi connectivity index (χ1) is 9.49. The Bertz CT molecular complexity index is 662. The number of nitrogens with one attached hydrogen (secondary N) is 2. The summed E-state index contributed by atoms with van der Waals surface area (Å²) >= 11 is 5.73. The van der Waals surface area contributed by atoms with Crippen molar-refractivity contribution in [2.45, 2.75) is 20.3 Å². The molecule has 0 fully saturated rings. The average molecular weight is 291 g/mol. The van der Waals surface area contributed by atoms with Gasteiger partial charge in [-0.25, -0.2) is 0 Å². The summed E-state index contributed by atoms with van der Waals surface area (Å²) in [5, 5.41) is 3.41. The molecule has 1 aromatic carbocycles. The molecule has 104 valence electrons. The number of carbonyl (C=O) groups is 2. The van der Waals surface area contributed by atoms with Crippen LogP contribution in [0.3, 0.4) is 0 Å². The SMILES string of the molecule is Cc1cc(C)c(C=O)[nH]1.O=C1Cc2cc(Cl)ccc2N1. The van der Waals surface area contributed by atoms with E-state index in [1.165, 1.54) is 0 Å². The lowest BCUT2D eigenvalue weighted by molar-refractivity contribution is -0.115. The van der Waals surface area contributed by atoms with Crippen LogP contribution >= 0.6 is 11.6 Å². The maximum atomic E-state index is 10.9. The van der Waals surface area contributed by atoms with Crippen LogP contribution in [0, 0.1) is 13.8 Å². The van der Waals surface area contributed by atoms with E-state index in [-0.39, 0.29) is 5.91 Å². The lowest BCUT2D eigenvalue weighted by Gasteiger charge is -1.96. The number of aldehydes is 1. The van der Waals surface area contributed by atoms with Gasteiger partial charge < -0.3 is 10.3 Å². The number of hydrogen-bond acceptors (Lipinski definition) is 2. The van der Waals surface area contributed by atoms with Crippen molar-refractivity contribution in [3.8, 4) is 0 Å². The number of fused-ring (bicyclic) bond motifs is 1. The Morgan fingerprint density at radius 3 is 2.55 bits per heavy atom. The van der Waals surface area contributed by atoms with Crippen molar-refractivity contribution in [3.05, 3.63) is 51.8 Å². The minimum Gasteiger partial charge on any atom is -0.356 e. The van der Waals surface area contributed by atoms with Crippen molar-refractivity contribution in [3.63, 3.8) is 0 Å². The van der Waals surface area contributed by atoms with E-state index in [9.17, 15) is 9.59 Å². The van der Waals surface area contributed by atoms with Gasteiger partial charge in [0.2, 0.25) is 5.91 Å². The van der Waals surface area contributed by atoms with Crippen LogP contribution in [0.2, 0.25) is 5.02 Å². The minimum absolute atomic E-state index is 0.0438. The van der Waals surface area contributed by atoms with Gasteiger partial charge in [0.05, 0.1) is 12.1 Å². The van der Waals surface area contributed by atoms with E-state index in [1.54, 1.807) is 6.07 Å². The second-order valence-electron chi connectivity index (χ2n) is 4.69. The Morgan fingerprint density at radius 2 is 2.00 bits per heavy atom. The fraction of sp³-hybridized carbons (Fsp3) is 0.200. The monoisotopic (exact) mass is 290 g/mol. The molecule has 0 bridgehead atoms. The van der Waals surface area contributed by atoms with E-state index < -0.39 is 0 Å². The summed E-state index contributed by atoms with van der Waals surface area (Å²) in [4.78, 5) is 24.0. The van der Waals surface area contributed by atoms with Gasteiger partial charge >= 0.3 is 0 Å². The Kier molecular flexibility index (Phi) is 4.25. The summed E-state index contributed by atoms with van der Waals surface area (Å²) in [7, 11) is 0. The third-order valence-corrected chi connectivity index (χ3v) is 3.24. The zero-order chi connectivity index (χ0) is 14.7. The third-order valence-electron chi connectivity index (χ3n) is 3.00. The molecule has 1 aliphatic heterocycles. The van der Waals surface area contributed by atoms with E-state index in [1.807, 2.05) is 32.0 Å². The molecule has 0 saturated carbocycles. The Labute approximate surface area is 122 Å². The fourth-order valence-corrected chi connectivity index (χ4v) is 2.26. The van der Waals surface area contributed by atoms with Crippen LogP contribution in [-0.4, -0.2) is 17.2 Å². The highest BCUT2D eigenvalue weighted by atomic mass is 35.5. The van der Waals surface area contributed by atoms with Gasteiger partial charge in [0.25, 0.3) is 0 Å². The van der Waals surface area contributed by atoms with Crippen LogP contribution in [0.5, 0.6) is 0 Å². The molecular weight excluding hydrogens is 276 g/mol. The van der Waals surface area contributed by atoms with Crippen molar-refractivity contribution in [1.82, 2.24) is 4.98 Å². The molecule has 2 aromatic rings. The standard InChI is InChI=1S/C8H6ClNO.C7H9NO/c9-6-1-2-7-5(3-6)4-8(11)10-7;1-5-3-6(2)8-7(5)4-9/h1-3H,4H2,(H,10,11);3-4,8H,1-2H3. The molecule has 2 heterocycles. The Morgan fingerprint density at radius 1 is 1.25 bits per heavy atom. The molecule has 3 rings (SSSR count). The third kappa shape index (κ3) is 3.27. The smallest absolute Gasteiger partial charge is 0.228 e. The van der Waals surface area contributed by atoms with E-state index in [0.717, 1.165) is 28.8 Å². The normalized spacial score (nSPS) is 12.2. The van der Waals surface area contributed by atoms with Gasteiger partial charge in [-0.2, -0.15) is 0 Å². The van der Waals surface area contributed by atoms with Gasteiger partial charge in [-0.3, -0.25) is 9.59 Å². The predicted octanol–water partition coefficient (Wildman–Crippen LogP) is 3.28. The highest BCUT2D eigenvalue weighted by molar-refractivity contribution is 6.30. The number of hydrogen-bond donors (Lipinski definition) is 2. The number of benzene rings is 1. The first-order valence-corrected chi connectivity index (χ1v) is 6.57. The number of rotatable bonds is 1. The zero-order valence-corrected chi connectivity index (χ0v) is 12.0. The first kappa shape index (κ1) is 14.3. The molecular formula is C15H15ClN2O2. The Hall–Kier alpha value is -2.07. The molecule has 20 heavy (non-hydrogen) atoms. The van der Waals surface area contributed by atoms with Crippen LogP contribution in [-0.2, 0) is 11.2 Å². The minimum atomic E-state index is 0.0438. The number of anilines is 1. The van der Waals surface area contributed by atoms with Gasteiger partial charge in [-0.05, 0) is 49.2 Å². The molecule has 0 saturated heterocycles. The average Bonchev–Trinajstić information content (AvgIpc) is 2.90. The number of halogens is 1. The summed E-state index contributed by atoms with van der Waals surface area (Å²) < 4.78 is 0. The quantitative estimate of drug-likeness (QED) is 0.792. The molecule has 0 radical (unpaired) electrons. The summed E-state index contributed by atoms with van der Waals surface area (Å²) in [6, 6.07) is 7.35. The van der Waals surface area contributed by atoms with Gasteiger partial charge in [-0.15, -0.1) is 0 Å². The molecule has 1 aliphatic rings. The summed E-state index contributed by atoms with van der Waals surface area (Å²) in [6.07, 6.45) is 1.29. The lowest BCUT2D eigenvalue weighted by Crippen LogP contribution is -2.03.